The lowest BCUT2D eigenvalue weighted by Crippen LogP contribution is -2.44. The maximum absolute atomic E-state index is 6.23. The predicted molar refractivity (Wildman–Crippen MR) is 74.7 cm³/mol. The number of benzene rings is 1. The maximum atomic E-state index is 6.23. The van der Waals surface area contributed by atoms with Crippen molar-refractivity contribution >= 4 is 0 Å². The molecule has 1 saturated heterocycles. The van der Waals surface area contributed by atoms with Crippen molar-refractivity contribution in [2.45, 2.75) is 43.7 Å². The summed E-state index contributed by atoms with van der Waals surface area (Å²) in [6.07, 6.45) is 4.53. The van der Waals surface area contributed by atoms with E-state index in [-0.39, 0.29) is 12.2 Å². The zero-order chi connectivity index (χ0) is 13.5. The summed E-state index contributed by atoms with van der Waals surface area (Å²) in [5, 5.41) is 0. The molecule has 1 N–H and O–H groups in total. The van der Waals surface area contributed by atoms with Crippen molar-refractivity contribution in [2.75, 3.05) is 0 Å². The van der Waals surface area contributed by atoms with E-state index in [1.807, 2.05) is 13.8 Å². The minimum Gasteiger partial charge on any atom is -0.367 e. The molecule has 3 heteroatoms. The molecule has 3 nitrogen and oxygen atoms in total. The third-order valence-corrected chi connectivity index (χ3v) is 4.97. The van der Waals surface area contributed by atoms with Crippen LogP contribution < -0.4 is 0 Å². The van der Waals surface area contributed by atoms with Gasteiger partial charge in [0.2, 0.25) is 0 Å². The zero-order valence-corrected chi connectivity index (χ0v) is 11.6. The van der Waals surface area contributed by atoms with Gasteiger partial charge in [-0.1, -0.05) is 24.3 Å². The summed E-state index contributed by atoms with van der Waals surface area (Å²) in [4.78, 5) is 3.27. The van der Waals surface area contributed by atoms with E-state index >= 15 is 0 Å². The number of ether oxygens (including phenoxy) is 2. The van der Waals surface area contributed by atoms with Crippen LogP contribution in [0.2, 0.25) is 0 Å². The van der Waals surface area contributed by atoms with Crippen molar-refractivity contribution in [2.24, 2.45) is 0 Å². The van der Waals surface area contributed by atoms with Crippen LogP contribution >= 0.6 is 0 Å². The van der Waals surface area contributed by atoms with Crippen LogP contribution in [-0.4, -0.2) is 23.0 Å². The molecule has 1 aliphatic heterocycles. The standard InChI is InChI=1S/C17H17NO2/c1-17(2)19-15-13-9-5-3-4-6-10(9)14(16(15)20-17)12-8-18-7-11(12)13/h3-8,13-16,18H,1-2H3. The Kier molecular flexibility index (Phi) is 1.86. The number of hydrogen-bond acceptors (Lipinski definition) is 2. The third kappa shape index (κ3) is 1.18. The molecule has 2 heterocycles. The fourth-order valence-corrected chi connectivity index (χ4v) is 4.38. The van der Waals surface area contributed by atoms with Crippen molar-refractivity contribution < 1.29 is 9.47 Å². The molecule has 1 fully saturated rings. The molecule has 4 atom stereocenters. The summed E-state index contributed by atoms with van der Waals surface area (Å²) < 4.78 is 12.5. The van der Waals surface area contributed by atoms with E-state index in [1.54, 1.807) is 0 Å². The molecule has 0 radical (unpaired) electrons. The highest BCUT2D eigenvalue weighted by Gasteiger charge is 2.57. The van der Waals surface area contributed by atoms with Gasteiger partial charge in [-0.2, -0.15) is 0 Å². The summed E-state index contributed by atoms with van der Waals surface area (Å²) in [5.74, 6) is 0.106. The average Bonchev–Trinajstić information content (AvgIpc) is 3.00. The number of nitrogens with one attached hydrogen (secondary N) is 1. The first-order chi connectivity index (χ1) is 9.66. The Labute approximate surface area is 117 Å². The SMILES string of the molecule is CC1(C)OC2C3c4ccccc4C(c4c[nH]cc43)C2O1. The Morgan fingerprint density at radius 1 is 0.850 bits per heavy atom. The van der Waals surface area contributed by atoms with Gasteiger partial charge in [0.1, 0.15) is 0 Å². The summed E-state index contributed by atoms with van der Waals surface area (Å²) in [6, 6.07) is 8.74. The van der Waals surface area contributed by atoms with E-state index in [0.29, 0.717) is 11.8 Å². The minimum absolute atomic E-state index is 0.133. The Morgan fingerprint density at radius 2 is 1.35 bits per heavy atom. The van der Waals surface area contributed by atoms with Gasteiger partial charge in [-0.15, -0.1) is 0 Å². The van der Waals surface area contributed by atoms with Crippen molar-refractivity contribution in [3.05, 3.63) is 58.9 Å². The molecule has 6 rings (SSSR count). The highest BCUT2D eigenvalue weighted by atomic mass is 16.8. The lowest BCUT2D eigenvalue weighted by Gasteiger charge is -2.44. The minimum atomic E-state index is -0.485. The zero-order valence-electron chi connectivity index (χ0n) is 11.6. The van der Waals surface area contributed by atoms with Crippen LogP contribution in [0.3, 0.4) is 0 Å². The molecular formula is C17H17NO2. The Hall–Kier alpha value is -1.58. The Balaban J connectivity index is 1.79. The highest BCUT2D eigenvalue weighted by molar-refractivity contribution is 5.57. The van der Waals surface area contributed by atoms with Crippen molar-refractivity contribution in [1.82, 2.24) is 4.98 Å². The molecule has 4 aliphatic rings. The van der Waals surface area contributed by atoms with Crippen LogP contribution in [0, 0.1) is 0 Å². The number of H-pyrrole nitrogens is 1. The quantitative estimate of drug-likeness (QED) is 0.795. The van der Waals surface area contributed by atoms with Gasteiger partial charge in [0.15, 0.2) is 5.79 Å². The second-order valence-electron chi connectivity index (χ2n) is 6.52. The summed E-state index contributed by atoms with van der Waals surface area (Å²) in [5.41, 5.74) is 5.59. The first-order valence-electron chi connectivity index (χ1n) is 7.27. The van der Waals surface area contributed by atoms with Gasteiger partial charge in [-0.3, -0.25) is 0 Å². The fourth-order valence-electron chi connectivity index (χ4n) is 4.38. The molecule has 0 amide bonds. The number of aromatic nitrogens is 1. The van der Waals surface area contributed by atoms with Gasteiger partial charge < -0.3 is 14.5 Å². The van der Waals surface area contributed by atoms with E-state index in [0.717, 1.165) is 0 Å². The Morgan fingerprint density at radius 3 is 1.85 bits per heavy atom. The van der Waals surface area contributed by atoms with E-state index in [9.17, 15) is 0 Å². The lowest BCUT2D eigenvalue weighted by molar-refractivity contribution is -0.146. The predicted octanol–water partition coefficient (Wildman–Crippen LogP) is 3.13. The van der Waals surface area contributed by atoms with E-state index in [2.05, 4.69) is 41.6 Å². The monoisotopic (exact) mass is 267 g/mol. The van der Waals surface area contributed by atoms with E-state index in [4.69, 9.17) is 9.47 Å². The van der Waals surface area contributed by atoms with Crippen LogP contribution in [0.5, 0.6) is 0 Å². The second kappa shape index (κ2) is 3.35. The smallest absolute Gasteiger partial charge is 0.163 e. The molecule has 1 aromatic heterocycles. The highest BCUT2D eigenvalue weighted by Crippen LogP contribution is 2.58. The molecule has 0 saturated carbocycles. The second-order valence-corrected chi connectivity index (χ2v) is 6.52. The van der Waals surface area contributed by atoms with Gasteiger partial charge in [0, 0.05) is 24.2 Å². The summed E-state index contributed by atoms with van der Waals surface area (Å²) >= 11 is 0. The molecule has 1 aromatic carbocycles. The van der Waals surface area contributed by atoms with Gasteiger partial charge in [-0.05, 0) is 36.1 Å². The topological polar surface area (TPSA) is 34.2 Å². The van der Waals surface area contributed by atoms with Crippen LogP contribution in [0.4, 0.5) is 0 Å². The average molecular weight is 267 g/mol. The summed E-state index contributed by atoms with van der Waals surface area (Å²) in [7, 11) is 0. The molecular weight excluding hydrogens is 250 g/mol. The van der Waals surface area contributed by atoms with Gasteiger partial charge in [0.05, 0.1) is 12.2 Å². The van der Waals surface area contributed by atoms with Crippen LogP contribution in [-0.2, 0) is 9.47 Å². The number of rotatable bonds is 0. The fraction of sp³-hybridized carbons (Fsp3) is 0.412. The van der Waals surface area contributed by atoms with Crippen molar-refractivity contribution in [1.29, 1.82) is 0 Å². The maximum Gasteiger partial charge on any atom is 0.163 e. The molecule has 2 aromatic rings. The Bertz CT molecular complexity index is 647. The third-order valence-electron chi connectivity index (χ3n) is 4.97. The molecule has 102 valence electrons. The first-order valence-corrected chi connectivity index (χ1v) is 7.27. The summed E-state index contributed by atoms with van der Waals surface area (Å²) in [6.45, 7) is 4.04. The van der Waals surface area contributed by atoms with Crippen molar-refractivity contribution in [3.8, 4) is 0 Å². The van der Waals surface area contributed by atoms with Crippen LogP contribution in [0.15, 0.2) is 36.7 Å². The van der Waals surface area contributed by atoms with Crippen molar-refractivity contribution in [3.63, 3.8) is 0 Å². The van der Waals surface area contributed by atoms with Gasteiger partial charge in [0.25, 0.3) is 0 Å². The van der Waals surface area contributed by atoms with Gasteiger partial charge >= 0.3 is 0 Å². The van der Waals surface area contributed by atoms with Crippen LogP contribution in [0.1, 0.15) is 47.9 Å². The van der Waals surface area contributed by atoms with Gasteiger partial charge in [-0.25, -0.2) is 0 Å². The molecule has 20 heavy (non-hydrogen) atoms. The van der Waals surface area contributed by atoms with Crippen LogP contribution in [0.25, 0.3) is 0 Å². The van der Waals surface area contributed by atoms with E-state index in [1.165, 1.54) is 22.3 Å². The molecule has 3 aliphatic carbocycles. The molecule has 4 unspecified atom stereocenters. The van der Waals surface area contributed by atoms with E-state index < -0.39 is 5.79 Å². The molecule has 2 bridgehead atoms. The lowest BCUT2D eigenvalue weighted by atomic mass is 9.62. The normalized spacial score (nSPS) is 35.5. The largest absolute Gasteiger partial charge is 0.367 e. The first kappa shape index (κ1) is 11.1. The molecule has 0 spiro atoms. The number of aromatic amines is 1. The number of hydrogen-bond donors (Lipinski definition) is 1.